The quantitative estimate of drug-likeness (QED) is 0.863. The summed E-state index contributed by atoms with van der Waals surface area (Å²) in [5.41, 5.74) is 1.78. The molecule has 1 aromatic rings. The minimum Gasteiger partial charge on any atom is -0.338 e. The minimum atomic E-state index is -0.0924. The first-order valence-electron chi connectivity index (χ1n) is 5.80. The number of benzene rings is 1. The first-order chi connectivity index (χ1) is 8.16. The number of carbonyl (C=O) groups is 2. The fourth-order valence-corrected chi connectivity index (χ4v) is 2.05. The molecule has 4 nitrogen and oxygen atoms in total. The number of likely N-dealkylation sites (tertiary alicyclic amines) is 1. The Hall–Kier alpha value is -1.84. The number of nitrogens with zero attached hydrogens (tertiary/aromatic N) is 1. The van der Waals surface area contributed by atoms with Crippen molar-refractivity contribution in [3.8, 4) is 0 Å². The second-order valence-corrected chi connectivity index (χ2v) is 4.26. The first-order valence-corrected chi connectivity index (χ1v) is 5.80. The molecule has 1 aliphatic heterocycles. The van der Waals surface area contributed by atoms with Gasteiger partial charge in [-0.05, 0) is 18.1 Å². The Balaban J connectivity index is 2.14. The molecule has 0 bridgehead atoms. The van der Waals surface area contributed by atoms with E-state index in [0.717, 1.165) is 24.2 Å². The molecule has 1 fully saturated rings. The summed E-state index contributed by atoms with van der Waals surface area (Å²) in [6.07, 6.45) is 1.57. The zero-order chi connectivity index (χ0) is 12.3. The molecule has 0 saturated carbocycles. The van der Waals surface area contributed by atoms with E-state index >= 15 is 0 Å². The summed E-state index contributed by atoms with van der Waals surface area (Å²) in [6, 6.07) is 7.59. The van der Waals surface area contributed by atoms with Gasteiger partial charge in [0, 0.05) is 32.1 Å². The van der Waals surface area contributed by atoms with Crippen LogP contribution in [0.15, 0.2) is 24.3 Å². The number of anilines is 1. The van der Waals surface area contributed by atoms with Crippen LogP contribution in [0, 0.1) is 0 Å². The maximum Gasteiger partial charge on any atom is 0.222 e. The minimum absolute atomic E-state index is 0.0924. The Morgan fingerprint density at radius 2 is 2.18 bits per heavy atom. The Labute approximate surface area is 101 Å². The Morgan fingerprint density at radius 1 is 1.41 bits per heavy atom. The summed E-state index contributed by atoms with van der Waals surface area (Å²) in [6.45, 7) is 2.88. The smallest absolute Gasteiger partial charge is 0.222 e. The number of nitrogens with one attached hydrogen (secondary N) is 1. The Morgan fingerprint density at radius 3 is 2.82 bits per heavy atom. The summed E-state index contributed by atoms with van der Waals surface area (Å²) in [5, 5.41) is 2.79. The van der Waals surface area contributed by atoms with Gasteiger partial charge in [0.25, 0.3) is 0 Å². The molecular formula is C13H16N2O2. The van der Waals surface area contributed by atoms with E-state index in [4.69, 9.17) is 0 Å². The van der Waals surface area contributed by atoms with E-state index in [0.29, 0.717) is 13.0 Å². The van der Waals surface area contributed by atoms with Crippen LogP contribution in [0.3, 0.4) is 0 Å². The van der Waals surface area contributed by atoms with E-state index in [1.807, 2.05) is 29.2 Å². The number of para-hydroxylation sites is 1. The van der Waals surface area contributed by atoms with Gasteiger partial charge in [-0.25, -0.2) is 0 Å². The average molecular weight is 232 g/mol. The average Bonchev–Trinajstić information content (AvgIpc) is 2.67. The fourth-order valence-electron chi connectivity index (χ4n) is 2.05. The molecule has 17 heavy (non-hydrogen) atoms. The van der Waals surface area contributed by atoms with E-state index in [-0.39, 0.29) is 11.8 Å². The van der Waals surface area contributed by atoms with Crippen molar-refractivity contribution in [1.29, 1.82) is 0 Å². The zero-order valence-electron chi connectivity index (χ0n) is 9.90. The molecule has 4 heteroatoms. The number of hydrogen-bond donors (Lipinski definition) is 1. The molecule has 2 rings (SSSR count). The lowest BCUT2D eigenvalue weighted by atomic mass is 10.1. The van der Waals surface area contributed by atoms with Crippen LogP contribution in [-0.2, 0) is 16.1 Å². The topological polar surface area (TPSA) is 49.4 Å². The fraction of sp³-hybridized carbons (Fsp3) is 0.385. The predicted octanol–water partition coefficient (Wildman–Crippen LogP) is 1.77. The van der Waals surface area contributed by atoms with Gasteiger partial charge in [-0.15, -0.1) is 0 Å². The Bertz CT molecular complexity index is 443. The summed E-state index contributed by atoms with van der Waals surface area (Å²) < 4.78 is 0. The van der Waals surface area contributed by atoms with Gasteiger partial charge < -0.3 is 10.2 Å². The largest absolute Gasteiger partial charge is 0.338 e. The molecule has 1 saturated heterocycles. The highest BCUT2D eigenvalue weighted by molar-refractivity contribution is 5.89. The Kier molecular flexibility index (Phi) is 3.42. The van der Waals surface area contributed by atoms with Gasteiger partial charge in [-0.2, -0.15) is 0 Å². The van der Waals surface area contributed by atoms with Crippen molar-refractivity contribution in [2.45, 2.75) is 26.3 Å². The van der Waals surface area contributed by atoms with Gasteiger partial charge in [-0.3, -0.25) is 9.59 Å². The van der Waals surface area contributed by atoms with E-state index in [1.54, 1.807) is 0 Å². The molecule has 0 atom stereocenters. The summed E-state index contributed by atoms with van der Waals surface area (Å²) in [4.78, 5) is 24.5. The van der Waals surface area contributed by atoms with Gasteiger partial charge in [0.1, 0.15) is 0 Å². The van der Waals surface area contributed by atoms with Crippen LogP contribution in [-0.4, -0.2) is 23.3 Å². The number of hydrogen-bond acceptors (Lipinski definition) is 2. The third kappa shape index (κ3) is 2.84. The van der Waals surface area contributed by atoms with Crippen LogP contribution in [0.1, 0.15) is 25.3 Å². The van der Waals surface area contributed by atoms with Crippen LogP contribution < -0.4 is 5.32 Å². The molecule has 90 valence electrons. The molecule has 1 N–H and O–H groups in total. The maximum atomic E-state index is 11.6. The van der Waals surface area contributed by atoms with Crippen LogP contribution >= 0.6 is 0 Å². The normalized spacial score (nSPS) is 15.1. The highest BCUT2D eigenvalue weighted by atomic mass is 16.2. The first kappa shape index (κ1) is 11.6. The van der Waals surface area contributed by atoms with E-state index in [1.165, 1.54) is 6.92 Å². The predicted molar refractivity (Wildman–Crippen MR) is 65.4 cm³/mol. The van der Waals surface area contributed by atoms with Gasteiger partial charge in [0.15, 0.2) is 0 Å². The van der Waals surface area contributed by atoms with Crippen molar-refractivity contribution in [3.05, 3.63) is 29.8 Å². The van der Waals surface area contributed by atoms with Crippen LogP contribution in [0.5, 0.6) is 0 Å². The van der Waals surface area contributed by atoms with Gasteiger partial charge in [0.05, 0.1) is 0 Å². The van der Waals surface area contributed by atoms with Crippen molar-refractivity contribution < 1.29 is 9.59 Å². The SMILES string of the molecule is CC(=O)Nc1ccccc1CN1CCCC1=O. The lowest BCUT2D eigenvalue weighted by molar-refractivity contribution is -0.128. The third-order valence-electron chi connectivity index (χ3n) is 2.86. The summed E-state index contributed by atoms with van der Waals surface area (Å²) in [7, 11) is 0. The molecule has 1 aliphatic rings. The van der Waals surface area contributed by atoms with Crippen LogP contribution in [0.2, 0.25) is 0 Å². The molecule has 0 unspecified atom stereocenters. The van der Waals surface area contributed by atoms with Gasteiger partial charge >= 0.3 is 0 Å². The van der Waals surface area contributed by atoms with E-state index < -0.39 is 0 Å². The summed E-state index contributed by atoms with van der Waals surface area (Å²) in [5.74, 6) is 0.104. The molecule has 0 aliphatic carbocycles. The van der Waals surface area contributed by atoms with Crippen molar-refractivity contribution in [3.63, 3.8) is 0 Å². The highest BCUT2D eigenvalue weighted by Gasteiger charge is 2.20. The maximum absolute atomic E-state index is 11.6. The van der Waals surface area contributed by atoms with E-state index in [9.17, 15) is 9.59 Å². The zero-order valence-corrected chi connectivity index (χ0v) is 9.90. The van der Waals surface area contributed by atoms with Crippen molar-refractivity contribution in [2.24, 2.45) is 0 Å². The molecule has 0 aromatic heterocycles. The molecule has 0 spiro atoms. The van der Waals surface area contributed by atoms with E-state index in [2.05, 4.69) is 5.32 Å². The number of rotatable bonds is 3. The molecule has 1 aromatic carbocycles. The second-order valence-electron chi connectivity index (χ2n) is 4.26. The lowest BCUT2D eigenvalue weighted by Gasteiger charge is -2.18. The van der Waals surface area contributed by atoms with Gasteiger partial charge in [-0.1, -0.05) is 18.2 Å². The molecule has 1 heterocycles. The third-order valence-corrected chi connectivity index (χ3v) is 2.86. The van der Waals surface area contributed by atoms with Gasteiger partial charge in [0.2, 0.25) is 11.8 Å². The van der Waals surface area contributed by atoms with Crippen molar-refractivity contribution in [1.82, 2.24) is 4.90 Å². The monoisotopic (exact) mass is 232 g/mol. The second kappa shape index (κ2) is 4.99. The molecule has 0 radical (unpaired) electrons. The van der Waals surface area contributed by atoms with Crippen LogP contribution in [0.25, 0.3) is 0 Å². The van der Waals surface area contributed by atoms with Crippen LogP contribution in [0.4, 0.5) is 5.69 Å². The standard InChI is InChI=1S/C13H16N2O2/c1-10(16)14-12-6-3-2-5-11(12)9-15-8-4-7-13(15)17/h2-3,5-6H,4,7-9H2,1H3,(H,14,16). The van der Waals surface area contributed by atoms with Crippen molar-refractivity contribution in [2.75, 3.05) is 11.9 Å². The van der Waals surface area contributed by atoms with Crippen molar-refractivity contribution >= 4 is 17.5 Å². The summed E-state index contributed by atoms with van der Waals surface area (Å²) >= 11 is 0. The number of amides is 2. The molecule has 2 amide bonds. The molecular weight excluding hydrogens is 216 g/mol. The highest BCUT2D eigenvalue weighted by Crippen LogP contribution is 2.20. The lowest BCUT2D eigenvalue weighted by Crippen LogP contribution is -2.24. The number of carbonyl (C=O) groups excluding carboxylic acids is 2.